The van der Waals surface area contributed by atoms with Gasteiger partial charge in [-0.1, -0.05) is 13.3 Å². The highest BCUT2D eigenvalue weighted by Gasteiger charge is 2.29. The monoisotopic (exact) mass is 214 g/mol. The molecule has 0 spiro atoms. The Bertz CT molecular complexity index is 167. The average Bonchev–Trinajstić information content (AvgIpc) is 2.72. The lowest BCUT2D eigenvalue weighted by Gasteiger charge is -2.40. The van der Waals surface area contributed by atoms with Gasteiger partial charge in [0.15, 0.2) is 0 Å². The molecular weight excluding hydrogens is 192 g/mol. The molecule has 2 heterocycles. The summed E-state index contributed by atoms with van der Waals surface area (Å²) in [4.78, 5) is 2.78. The molecule has 2 fully saturated rings. The van der Waals surface area contributed by atoms with E-state index in [-0.39, 0.29) is 0 Å². The first-order valence-electron chi connectivity index (χ1n) is 5.96. The molecule has 0 aliphatic carbocycles. The van der Waals surface area contributed by atoms with Crippen LogP contribution in [0.15, 0.2) is 0 Å². The summed E-state index contributed by atoms with van der Waals surface area (Å²) in [5.41, 5.74) is 0. The van der Waals surface area contributed by atoms with Gasteiger partial charge in [0.05, 0.1) is 0 Å². The van der Waals surface area contributed by atoms with Crippen molar-refractivity contribution in [2.75, 3.05) is 31.1 Å². The molecule has 0 bridgehead atoms. The van der Waals surface area contributed by atoms with E-state index in [1.807, 2.05) is 0 Å². The number of thioether (sulfide) groups is 1. The summed E-state index contributed by atoms with van der Waals surface area (Å²) in [5, 5.41) is 3.52. The van der Waals surface area contributed by atoms with Crippen molar-refractivity contribution in [1.82, 2.24) is 10.2 Å². The average molecular weight is 214 g/mol. The summed E-state index contributed by atoms with van der Waals surface area (Å²) in [5.74, 6) is 2.76. The van der Waals surface area contributed by atoms with E-state index in [9.17, 15) is 0 Å². The zero-order valence-electron chi connectivity index (χ0n) is 9.17. The first-order valence-corrected chi connectivity index (χ1v) is 7.11. The number of nitrogens with one attached hydrogen (secondary N) is 1. The third kappa shape index (κ3) is 2.44. The molecule has 0 aromatic rings. The smallest absolute Gasteiger partial charge is 0.0224 e. The minimum absolute atomic E-state index is 0.817. The fourth-order valence-electron chi connectivity index (χ4n) is 2.64. The molecule has 0 aromatic carbocycles. The molecule has 2 saturated heterocycles. The van der Waals surface area contributed by atoms with Crippen molar-refractivity contribution in [2.45, 2.75) is 38.3 Å². The van der Waals surface area contributed by atoms with E-state index in [4.69, 9.17) is 0 Å². The van der Waals surface area contributed by atoms with Gasteiger partial charge in [0, 0.05) is 37.5 Å². The van der Waals surface area contributed by atoms with Crippen molar-refractivity contribution < 1.29 is 0 Å². The molecular formula is C11H22N2S. The zero-order chi connectivity index (χ0) is 9.80. The maximum absolute atomic E-state index is 3.52. The van der Waals surface area contributed by atoms with Crippen LogP contribution >= 0.6 is 11.8 Å². The Labute approximate surface area is 91.8 Å². The van der Waals surface area contributed by atoms with Gasteiger partial charge in [0.25, 0.3) is 0 Å². The number of hydrogen-bond donors (Lipinski definition) is 1. The van der Waals surface area contributed by atoms with Crippen LogP contribution in [-0.4, -0.2) is 48.1 Å². The lowest BCUT2D eigenvalue weighted by molar-refractivity contribution is 0.111. The van der Waals surface area contributed by atoms with E-state index in [1.165, 1.54) is 50.4 Å². The summed E-state index contributed by atoms with van der Waals surface area (Å²) in [6.07, 6.45) is 4.11. The Morgan fingerprint density at radius 3 is 3.14 bits per heavy atom. The minimum atomic E-state index is 0.817. The summed E-state index contributed by atoms with van der Waals surface area (Å²) in [7, 11) is 0. The Kier molecular flexibility index (Phi) is 4.14. The Morgan fingerprint density at radius 2 is 2.43 bits per heavy atom. The Balaban J connectivity index is 1.91. The first-order chi connectivity index (χ1) is 6.92. The molecule has 0 amide bonds. The molecule has 2 atom stereocenters. The second-order valence-corrected chi connectivity index (χ2v) is 5.55. The van der Waals surface area contributed by atoms with Crippen LogP contribution in [0.2, 0.25) is 0 Å². The summed E-state index contributed by atoms with van der Waals surface area (Å²) in [6.45, 7) is 5.99. The van der Waals surface area contributed by atoms with Crippen molar-refractivity contribution in [3.05, 3.63) is 0 Å². The van der Waals surface area contributed by atoms with Gasteiger partial charge in [-0.25, -0.2) is 0 Å². The Hall–Kier alpha value is 0.270. The molecule has 2 rings (SSSR count). The van der Waals surface area contributed by atoms with Gasteiger partial charge >= 0.3 is 0 Å². The van der Waals surface area contributed by atoms with Gasteiger partial charge in [-0.3, -0.25) is 4.90 Å². The molecule has 1 N–H and O–H groups in total. The summed E-state index contributed by atoms with van der Waals surface area (Å²) >= 11 is 2.13. The number of piperazine rings is 1. The van der Waals surface area contributed by atoms with Gasteiger partial charge < -0.3 is 5.32 Å². The fourth-order valence-corrected chi connectivity index (χ4v) is 3.88. The van der Waals surface area contributed by atoms with Gasteiger partial charge in [0.2, 0.25) is 0 Å². The van der Waals surface area contributed by atoms with Gasteiger partial charge in [-0.15, -0.1) is 0 Å². The fraction of sp³-hybridized carbons (Fsp3) is 1.00. The van der Waals surface area contributed by atoms with Gasteiger partial charge in [-0.05, 0) is 18.6 Å². The SMILES string of the molecule is CCCC1CNCCN1C1CCSC1. The minimum Gasteiger partial charge on any atom is -0.314 e. The normalized spacial score (nSPS) is 34.9. The van der Waals surface area contributed by atoms with E-state index in [1.54, 1.807) is 0 Å². The van der Waals surface area contributed by atoms with Crippen molar-refractivity contribution in [3.63, 3.8) is 0 Å². The lowest BCUT2D eigenvalue weighted by Crippen LogP contribution is -2.55. The van der Waals surface area contributed by atoms with Crippen LogP contribution < -0.4 is 5.32 Å². The van der Waals surface area contributed by atoms with Gasteiger partial charge in [-0.2, -0.15) is 11.8 Å². The second-order valence-electron chi connectivity index (χ2n) is 4.40. The molecule has 0 radical (unpaired) electrons. The maximum atomic E-state index is 3.52. The van der Waals surface area contributed by atoms with E-state index >= 15 is 0 Å². The van der Waals surface area contributed by atoms with E-state index in [0.29, 0.717) is 0 Å². The molecule has 0 aromatic heterocycles. The predicted molar refractivity (Wildman–Crippen MR) is 64.0 cm³/mol. The highest BCUT2D eigenvalue weighted by Crippen LogP contribution is 2.25. The van der Waals surface area contributed by atoms with E-state index < -0.39 is 0 Å². The van der Waals surface area contributed by atoms with Crippen LogP contribution in [0.3, 0.4) is 0 Å². The van der Waals surface area contributed by atoms with Crippen molar-refractivity contribution in [2.24, 2.45) is 0 Å². The standard InChI is InChI=1S/C11H22N2S/c1-2-3-10-8-12-5-6-13(10)11-4-7-14-9-11/h10-12H,2-9H2,1H3. The molecule has 14 heavy (non-hydrogen) atoms. The van der Waals surface area contributed by atoms with Crippen molar-refractivity contribution >= 4 is 11.8 Å². The topological polar surface area (TPSA) is 15.3 Å². The molecule has 0 saturated carbocycles. The van der Waals surface area contributed by atoms with Crippen LogP contribution in [0.4, 0.5) is 0 Å². The van der Waals surface area contributed by atoms with Gasteiger partial charge in [0.1, 0.15) is 0 Å². The number of hydrogen-bond acceptors (Lipinski definition) is 3. The quantitative estimate of drug-likeness (QED) is 0.768. The van der Waals surface area contributed by atoms with Crippen LogP contribution in [0.5, 0.6) is 0 Å². The predicted octanol–water partition coefficient (Wildman–Crippen LogP) is 1.57. The van der Waals surface area contributed by atoms with Crippen LogP contribution in [0, 0.1) is 0 Å². The Morgan fingerprint density at radius 1 is 1.50 bits per heavy atom. The third-order valence-electron chi connectivity index (χ3n) is 3.39. The largest absolute Gasteiger partial charge is 0.314 e. The molecule has 2 unspecified atom stereocenters. The third-order valence-corrected chi connectivity index (χ3v) is 4.54. The first kappa shape index (κ1) is 10.8. The summed E-state index contributed by atoms with van der Waals surface area (Å²) < 4.78 is 0. The number of rotatable bonds is 3. The van der Waals surface area contributed by atoms with Crippen LogP contribution in [-0.2, 0) is 0 Å². The highest BCUT2D eigenvalue weighted by atomic mass is 32.2. The van der Waals surface area contributed by atoms with E-state index in [2.05, 4.69) is 28.9 Å². The van der Waals surface area contributed by atoms with E-state index in [0.717, 1.165) is 12.1 Å². The zero-order valence-corrected chi connectivity index (χ0v) is 9.98. The van der Waals surface area contributed by atoms with Crippen molar-refractivity contribution in [3.8, 4) is 0 Å². The van der Waals surface area contributed by atoms with Crippen LogP contribution in [0.25, 0.3) is 0 Å². The summed E-state index contributed by atoms with van der Waals surface area (Å²) in [6, 6.07) is 1.70. The van der Waals surface area contributed by atoms with Crippen molar-refractivity contribution in [1.29, 1.82) is 0 Å². The highest BCUT2D eigenvalue weighted by molar-refractivity contribution is 7.99. The second kappa shape index (κ2) is 5.38. The molecule has 2 aliphatic heterocycles. The number of nitrogens with zero attached hydrogens (tertiary/aromatic N) is 1. The molecule has 82 valence electrons. The molecule has 2 aliphatic rings. The maximum Gasteiger partial charge on any atom is 0.0224 e. The van der Waals surface area contributed by atoms with Crippen LogP contribution in [0.1, 0.15) is 26.2 Å². The molecule has 2 nitrogen and oxygen atoms in total. The lowest BCUT2D eigenvalue weighted by atomic mass is 10.0. The molecule has 3 heteroatoms.